The third-order valence-electron chi connectivity index (χ3n) is 3.05. The van der Waals surface area contributed by atoms with Gasteiger partial charge in [-0.25, -0.2) is 18.1 Å². The van der Waals surface area contributed by atoms with Crippen LogP contribution < -0.4 is 4.72 Å². The van der Waals surface area contributed by atoms with Crippen molar-refractivity contribution >= 4 is 10.0 Å². The number of aromatic nitrogens is 2. The van der Waals surface area contributed by atoms with Crippen molar-refractivity contribution in [1.82, 2.24) is 14.3 Å². The zero-order valence-corrected chi connectivity index (χ0v) is 14.4. The number of nitrogens with one attached hydrogen (secondary N) is 1. The van der Waals surface area contributed by atoms with E-state index in [0.29, 0.717) is 12.2 Å². The van der Waals surface area contributed by atoms with Gasteiger partial charge < -0.3 is 9.67 Å². The molecule has 0 amide bonds. The summed E-state index contributed by atoms with van der Waals surface area (Å²) in [6.07, 6.45) is 2.27. The third-order valence-corrected chi connectivity index (χ3v) is 4.34. The number of imidazole rings is 1. The minimum Gasteiger partial charge on any atom is -0.392 e. The molecule has 7 heteroatoms. The van der Waals surface area contributed by atoms with Crippen molar-refractivity contribution in [2.75, 3.05) is 6.54 Å². The summed E-state index contributed by atoms with van der Waals surface area (Å²) >= 11 is 0. The summed E-state index contributed by atoms with van der Waals surface area (Å²) in [5.74, 6) is 0.674. The highest BCUT2D eigenvalue weighted by molar-refractivity contribution is 7.89. The number of rotatable bonds is 7. The Morgan fingerprint density at radius 3 is 2.57 bits per heavy atom. The largest absolute Gasteiger partial charge is 0.392 e. The second kappa shape index (κ2) is 6.89. The first kappa shape index (κ1) is 18.1. The Labute approximate surface area is 127 Å². The van der Waals surface area contributed by atoms with Crippen LogP contribution in [0.5, 0.6) is 0 Å². The molecule has 0 spiro atoms. The maximum Gasteiger partial charge on any atom is 0.259 e. The summed E-state index contributed by atoms with van der Waals surface area (Å²) < 4.78 is 28.6. The predicted octanol–water partition coefficient (Wildman–Crippen LogP) is 1.68. The quantitative estimate of drug-likeness (QED) is 0.801. The number of nitrogens with zero attached hydrogens (tertiary/aromatic N) is 2. The lowest BCUT2D eigenvalue weighted by molar-refractivity contribution is 0.125. The molecule has 1 aromatic heterocycles. The molecule has 0 bridgehead atoms. The fraction of sp³-hybridized carbons (Fsp3) is 0.786. The molecule has 0 aromatic carbocycles. The molecule has 1 heterocycles. The normalized spacial score (nSPS) is 14.4. The number of aryl methyl sites for hydroxylation is 2. The molecule has 1 atom stereocenters. The molecule has 0 aliphatic carbocycles. The highest BCUT2D eigenvalue weighted by atomic mass is 32.2. The van der Waals surface area contributed by atoms with Crippen molar-refractivity contribution < 1.29 is 13.5 Å². The molecule has 1 rings (SSSR count). The van der Waals surface area contributed by atoms with Crippen LogP contribution in [0, 0.1) is 12.3 Å². The Balaban J connectivity index is 2.71. The van der Waals surface area contributed by atoms with Crippen LogP contribution in [0.15, 0.2) is 11.2 Å². The number of sulfonamides is 1. The SMILES string of the molecule is CCCn1cc(S(=O)(=O)NCC(O)CC(C)(C)C)nc1C. The number of aliphatic hydroxyl groups is 1. The zero-order valence-electron chi connectivity index (χ0n) is 13.5. The van der Waals surface area contributed by atoms with Crippen LogP contribution in [0.4, 0.5) is 0 Å². The van der Waals surface area contributed by atoms with Gasteiger partial charge in [0, 0.05) is 19.3 Å². The van der Waals surface area contributed by atoms with Crippen LogP contribution in [-0.4, -0.2) is 35.7 Å². The smallest absolute Gasteiger partial charge is 0.259 e. The first-order valence-electron chi connectivity index (χ1n) is 7.26. The zero-order chi connectivity index (χ0) is 16.3. The van der Waals surface area contributed by atoms with Gasteiger partial charge in [0.2, 0.25) is 0 Å². The van der Waals surface area contributed by atoms with Crippen LogP contribution in [0.1, 0.15) is 46.4 Å². The average molecular weight is 317 g/mol. The summed E-state index contributed by atoms with van der Waals surface area (Å²) in [4.78, 5) is 4.08. The Morgan fingerprint density at radius 2 is 2.05 bits per heavy atom. The maximum atomic E-state index is 12.2. The van der Waals surface area contributed by atoms with Crippen molar-refractivity contribution in [2.45, 2.75) is 65.1 Å². The van der Waals surface area contributed by atoms with Gasteiger partial charge in [-0.2, -0.15) is 0 Å². The van der Waals surface area contributed by atoms with Crippen molar-refractivity contribution in [2.24, 2.45) is 5.41 Å². The Bertz CT molecular complexity index is 559. The molecule has 0 aliphatic rings. The Hall–Kier alpha value is -0.920. The maximum absolute atomic E-state index is 12.2. The van der Waals surface area contributed by atoms with Crippen LogP contribution in [0.3, 0.4) is 0 Å². The van der Waals surface area contributed by atoms with Crippen LogP contribution >= 0.6 is 0 Å². The monoisotopic (exact) mass is 317 g/mol. The molecule has 0 saturated heterocycles. The van der Waals surface area contributed by atoms with Gasteiger partial charge in [-0.15, -0.1) is 0 Å². The van der Waals surface area contributed by atoms with Gasteiger partial charge in [-0.05, 0) is 25.2 Å². The fourth-order valence-electron chi connectivity index (χ4n) is 2.13. The number of aliphatic hydroxyl groups excluding tert-OH is 1. The van der Waals surface area contributed by atoms with E-state index >= 15 is 0 Å². The van der Waals surface area contributed by atoms with E-state index in [1.54, 1.807) is 6.92 Å². The molecule has 6 nitrogen and oxygen atoms in total. The van der Waals surface area contributed by atoms with Gasteiger partial charge in [-0.1, -0.05) is 27.7 Å². The fourth-order valence-corrected chi connectivity index (χ4v) is 3.21. The lowest BCUT2D eigenvalue weighted by atomic mass is 9.89. The van der Waals surface area contributed by atoms with E-state index in [4.69, 9.17) is 0 Å². The molecular weight excluding hydrogens is 290 g/mol. The molecule has 0 aliphatic heterocycles. The second-order valence-electron chi connectivity index (χ2n) is 6.59. The van der Waals surface area contributed by atoms with Crippen molar-refractivity contribution in [1.29, 1.82) is 0 Å². The first-order valence-corrected chi connectivity index (χ1v) is 8.75. The van der Waals surface area contributed by atoms with Gasteiger partial charge in [-0.3, -0.25) is 0 Å². The third kappa shape index (κ3) is 5.76. The topological polar surface area (TPSA) is 84.2 Å². The summed E-state index contributed by atoms with van der Waals surface area (Å²) in [6.45, 7) is 10.5. The summed E-state index contributed by atoms with van der Waals surface area (Å²) in [5, 5.41) is 9.90. The summed E-state index contributed by atoms with van der Waals surface area (Å²) in [5.41, 5.74) is -0.0514. The van der Waals surface area contributed by atoms with E-state index in [1.807, 2.05) is 32.3 Å². The Kier molecular flexibility index (Phi) is 5.95. The van der Waals surface area contributed by atoms with E-state index in [2.05, 4.69) is 9.71 Å². The summed E-state index contributed by atoms with van der Waals surface area (Å²) in [6, 6.07) is 0. The lowest BCUT2D eigenvalue weighted by Crippen LogP contribution is -2.34. The molecule has 0 saturated carbocycles. The van der Waals surface area contributed by atoms with E-state index in [-0.39, 0.29) is 17.0 Å². The molecule has 1 aromatic rings. The molecule has 2 N–H and O–H groups in total. The molecular formula is C14H27N3O3S. The first-order chi connectivity index (χ1) is 9.55. The van der Waals surface area contributed by atoms with E-state index in [9.17, 15) is 13.5 Å². The molecule has 21 heavy (non-hydrogen) atoms. The van der Waals surface area contributed by atoms with Crippen LogP contribution in [-0.2, 0) is 16.6 Å². The van der Waals surface area contributed by atoms with Crippen molar-refractivity contribution in [3.63, 3.8) is 0 Å². The van der Waals surface area contributed by atoms with E-state index in [0.717, 1.165) is 13.0 Å². The highest BCUT2D eigenvalue weighted by Crippen LogP contribution is 2.20. The number of hydrogen-bond acceptors (Lipinski definition) is 4. The second-order valence-corrected chi connectivity index (χ2v) is 8.30. The minimum atomic E-state index is -3.67. The minimum absolute atomic E-state index is 0.000706. The molecule has 0 fully saturated rings. The van der Waals surface area contributed by atoms with Gasteiger partial charge in [0.1, 0.15) is 5.82 Å². The average Bonchev–Trinajstić information content (AvgIpc) is 2.68. The van der Waals surface area contributed by atoms with E-state index in [1.165, 1.54) is 6.20 Å². The summed E-state index contributed by atoms with van der Waals surface area (Å²) in [7, 11) is -3.67. The van der Waals surface area contributed by atoms with Gasteiger partial charge in [0.15, 0.2) is 5.03 Å². The standard InChI is InChI=1S/C14H27N3O3S/c1-6-7-17-10-13(16-11(17)2)21(19,20)15-9-12(18)8-14(3,4)5/h10,12,15,18H,6-9H2,1-5H3. The van der Waals surface area contributed by atoms with Crippen molar-refractivity contribution in [3.8, 4) is 0 Å². The molecule has 122 valence electrons. The van der Waals surface area contributed by atoms with E-state index < -0.39 is 16.1 Å². The van der Waals surface area contributed by atoms with Gasteiger partial charge in [0.05, 0.1) is 6.10 Å². The lowest BCUT2D eigenvalue weighted by Gasteiger charge is -2.22. The predicted molar refractivity (Wildman–Crippen MR) is 82.5 cm³/mol. The molecule has 1 unspecified atom stereocenters. The molecule has 0 radical (unpaired) electrons. The Morgan fingerprint density at radius 1 is 1.43 bits per heavy atom. The number of hydrogen-bond donors (Lipinski definition) is 2. The van der Waals surface area contributed by atoms with Crippen LogP contribution in [0.2, 0.25) is 0 Å². The van der Waals surface area contributed by atoms with Gasteiger partial charge in [0.25, 0.3) is 10.0 Å². The van der Waals surface area contributed by atoms with Crippen LogP contribution in [0.25, 0.3) is 0 Å². The van der Waals surface area contributed by atoms with Gasteiger partial charge >= 0.3 is 0 Å². The highest BCUT2D eigenvalue weighted by Gasteiger charge is 2.22. The van der Waals surface area contributed by atoms with Crippen molar-refractivity contribution in [3.05, 3.63) is 12.0 Å².